The maximum atomic E-state index is 12.3. The zero-order valence-electron chi connectivity index (χ0n) is 9.85. The second-order valence-corrected chi connectivity index (χ2v) is 6.25. The van der Waals surface area contributed by atoms with Crippen LogP contribution in [0, 0.1) is 5.92 Å². The first-order valence-corrected chi connectivity index (χ1v) is 7.07. The van der Waals surface area contributed by atoms with Crippen molar-refractivity contribution in [2.75, 3.05) is 39.3 Å². The molecule has 5 nitrogen and oxygen atoms in total. The standard InChI is InChI=1S/C9H19F2N3O2S/c1-8(6-12)7-13-2-4-14(5-3-13)17(15,16)9(10)11/h8-9H,2-7,12H2,1H3. The normalized spacial score (nSPS) is 21.9. The number of halogens is 2. The van der Waals surface area contributed by atoms with E-state index in [1.807, 2.05) is 6.92 Å². The van der Waals surface area contributed by atoms with Gasteiger partial charge < -0.3 is 10.6 Å². The third-order valence-corrected chi connectivity index (χ3v) is 4.42. The van der Waals surface area contributed by atoms with Crippen molar-refractivity contribution in [2.24, 2.45) is 11.7 Å². The number of nitrogens with two attached hydrogens (primary N) is 1. The summed E-state index contributed by atoms with van der Waals surface area (Å²) in [5.41, 5.74) is 5.49. The Morgan fingerprint density at radius 3 is 2.18 bits per heavy atom. The Labute approximate surface area is 101 Å². The molecular weight excluding hydrogens is 252 g/mol. The lowest BCUT2D eigenvalue weighted by Crippen LogP contribution is -2.51. The SMILES string of the molecule is CC(CN)CN1CCN(S(=O)(=O)C(F)F)CC1. The Balaban J connectivity index is 2.46. The second kappa shape index (κ2) is 6.03. The molecule has 0 bridgehead atoms. The first kappa shape index (κ1) is 14.7. The Kier molecular flexibility index (Phi) is 5.23. The van der Waals surface area contributed by atoms with Gasteiger partial charge in [-0.3, -0.25) is 0 Å². The molecule has 0 amide bonds. The van der Waals surface area contributed by atoms with Gasteiger partial charge in [0.05, 0.1) is 0 Å². The molecule has 1 aliphatic heterocycles. The lowest BCUT2D eigenvalue weighted by Gasteiger charge is -2.34. The van der Waals surface area contributed by atoms with Crippen molar-refractivity contribution in [3.8, 4) is 0 Å². The monoisotopic (exact) mass is 271 g/mol. The van der Waals surface area contributed by atoms with Gasteiger partial charge in [0.15, 0.2) is 0 Å². The third kappa shape index (κ3) is 3.84. The van der Waals surface area contributed by atoms with Gasteiger partial charge in [0.25, 0.3) is 10.0 Å². The molecule has 0 radical (unpaired) electrons. The van der Waals surface area contributed by atoms with E-state index in [0.29, 0.717) is 25.6 Å². The summed E-state index contributed by atoms with van der Waals surface area (Å²) in [5.74, 6) is -3.00. The minimum atomic E-state index is -4.41. The molecular formula is C9H19F2N3O2S. The quantitative estimate of drug-likeness (QED) is 0.749. The summed E-state index contributed by atoms with van der Waals surface area (Å²) in [6.45, 7) is 4.57. The predicted molar refractivity (Wildman–Crippen MR) is 61.2 cm³/mol. The zero-order chi connectivity index (χ0) is 13.1. The van der Waals surface area contributed by atoms with Crippen LogP contribution in [0.15, 0.2) is 0 Å². The Morgan fingerprint density at radius 2 is 1.76 bits per heavy atom. The number of piperazine rings is 1. The second-order valence-electron chi connectivity index (χ2n) is 4.35. The van der Waals surface area contributed by atoms with Gasteiger partial charge in [0.1, 0.15) is 0 Å². The summed E-state index contributed by atoms with van der Waals surface area (Å²) in [6.07, 6.45) is 0. The highest BCUT2D eigenvalue weighted by Crippen LogP contribution is 2.15. The number of sulfonamides is 1. The molecule has 0 aromatic heterocycles. The summed E-state index contributed by atoms with van der Waals surface area (Å²) >= 11 is 0. The van der Waals surface area contributed by atoms with E-state index in [1.54, 1.807) is 0 Å². The van der Waals surface area contributed by atoms with E-state index in [-0.39, 0.29) is 13.1 Å². The van der Waals surface area contributed by atoms with Gasteiger partial charge in [-0.15, -0.1) is 0 Å². The van der Waals surface area contributed by atoms with Gasteiger partial charge >= 0.3 is 5.76 Å². The Bertz CT molecular complexity index is 329. The van der Waals surface area contributed by atoms with E-state index in [9.17, 15) is 17.2 Å². The fourth-order valence-electron chi connectivity index (χ4n) is 1.79. The summed E-state index contributed by atoms with van der Waals surface area (Å²) in [6, 6.07) is 0. The number of hydrogen-bond acceptors (Lipinski definition) is 4. The van der Waals surface area contributed by atoms with Crippen molar-refractivity contribution in [1.82, 2.24) is 9.21 Å². The molecule has 0 aromatic carbocycles. The fourth-order valence-corrected chi connectivity index (χ4v) is 2.69. The van der Waals surface area contributed by atoms with E-state index in [1.165, 1.54) is 0 Å². The molecule has 8 heteroatoms. The van der Waals surface area contributed by atoms with Crippen molar-refractivity contribution >= 4 is 10.0 Å². The largest absolute Gasteiger partial charge is 0.350 e. The minimum Gasteiger partial charge on any atom is -0.330 e. The number of nitrogens with zero attached hydrogens (tertiary/aromatic N) is 2. The van der Waals surface area contributed by atoms with Gasteiger partial charge in [-0.2, -0.15) is 13.1 Å². The molecule has 1 fully saturated rings. The maximum absolute atomic E-state index is 12.3. The highest BCUT2D eigenvalue weighted by molar-refractivity contribution is 7.89. The van der Waals surface area contributed by atoms with E-state index in [0.717, 1.165) is 10.8 Å². The average molecular weight is 271 g/mol. The molecule has 1 unspecified atom stereocenters. The molecule has 0 aromatic rings. The van der Waals surface area contributed by atoms with Crippen LogP contribution in [0.4, 0.5) is 8.78 Å². The first-order chi connectivity index (χ1) is 7.87. The lowest BCUT2D eigenvalue weighted by atomic mass is 10.1. The summed E-state index contributed by atoms with van der Waals surface area (Å²) in [7, 11) is -4.41. The van der Waals surface area contributed by atoms with Crippen LogP contribution in [-0.2, 0) is 10.0 Å². The molecule has 0 aliphatic carbocycles. The highest BCUT2D eigenvalue weighted by Gasteiger charge is 2.34. The summed E-state index contributed by atoms with van der Waals surface area (Å²) < 4.78 is 47.9. The summed E-state index contributed by atoms with van der Waals surface area (Å²) in [4.78, 5) is 2.05. The van der Waals surface area contributed by atoms with Crippen molar-refractivity contribution in [2.45, 2.75) is 12.7 Å². The van der Waals surface area contributed by atoms with Gasteiger partial charge in [-0.25, -0.2) is 8.42 Å². The van der Waals surface area contributed by atoms with E-state index in [4.69, 9.17) is 5.73 Å². The van der Waals surface area contributed by atoms with Crippen LogP contribution >= 0.6 is 0 Å². The van der Waals surface area contributed by atoms with Crippen LogP contribution in [0.2, 0.25) is 0 Å². The zero-order valence-corrected chi connectivity index (χ0v) is 10.7. The predicted octanol–water partition coefficient (Wildman–Crippen LogP) is -0.249. The van der Waals surface area contributed by atoms with Crippen LogP contribution in [0.1, 0.15) is 6.92 Å². The van der Waals surface area contributed by atoms with Gasteiger partial charge in [-0.05, 0) is 12.5 Å². The van der Waals surface area contributed by atoms with E-state index < -0.39 is 15.8 Å². The third-order valence-electron chi connectivity index (χ3n) is 2.89. The molecule has 1 heterocycles. The Morgan fingerprint density at radius 1 is 1.24 bits per heavy atom. The maximum Gasteiger partial charge on any atom is 0.350 e. The number of hydrogen-bond donors (Lipinski definition) is 1. The molecule has 102 valence electrons. The Hall–Kier alpha value is -0.310. The first-order valence-electron chi connectivity index (χ1n) is 5.57. The highest BCUT2D eigenvalue weighted by atomic mass is 32.2. The molecule has 1 atom stereocenters. The van der Waals surface area contributed by atoms with Crippen molar-refractivity contribution in [1.29, 1.82) is 0 Å². The van der Waals surface area contributed by atoms with Crippen LogP contribution < -0.4 is 5.73 Å². The molecule has 2 N–H and O–H groups in total. The molecule has 17 heavy (non-hydrogen) atoms. The van der Waals surface area contributed by atoms with Crippen LogP contribution in [0.25, 0.3) is 0 Å². The molecule has 0 spiro atoms. The molecule has 1 rings (SSSR count). The fraction of sp³-hybridized carbons (Fsp3) is 1.00. The van der Waals surface area contributed by atoms with Gasteiger partial charge in [0, 0.05) is 32.7 Å². The number of rotatable bonds is 5. The van der Waals surface area contributed by atoms with Gasteiger partial charge in [-0.1, -0.05) is 6.92 Å². The minimum absolute atomic E-state index is 0.129. The summed E-state index contributed by atoms with van der Waals surface area (Å²) in [5, 5.41) is 0. The van der Waals surface area contributed by atoms with Crippen LogP contribution in [0.5, 0.6) is 0 Å². The molecule has 1 saturated heterocycles. The van der Waals surface area contributed by atoms with Crippen molar-refractivity contribution < 1.29 is 17.2 Å². The molecule has 0 saturated carbocycles. The smallest absolute Gasteiger partial charge is 0.330 e. The van der Waals surface area contributed by atoms with E-state index >= 15 is 0 Å². The van der Waals surface area contributed by atoms with Gasteiger partial charge in [0.2, 0.25) is 0 Å². The van der Waals surface area contributed by atoms with E-state index in [2.05, 4.69) is 4.90 Å². The van der Waals surface area contributed by atoms with Crippen molar-refractivity contribution in [3.63, 3.8) is 0 Å². The van der Waals surface area contributed by atoms with Crippen LogP contribution in [-0.4, -0.2) is 62.6 Å². The number of alkyl halides is 2. The van der Waals surface area contributed by atoms with Crippen LogP contribution in [0.3, 0.4) is 0 Å². The molecule has 1 aliphatic rings. The average Bonchev–Trinajstić information content (AvgIpc) is 2.29. The topological polar surface area (TPSA) is 66.6 Å². The lowest BCUT2D eigenvalue weighted by molar-refractivity contribution is 0.157. The van der Waals surface area contributed by atoms with Crippen molar-refractivity contribution in [3.05, 3.63) is 0 Å².